The second-order valence-electron chi connectivity index (χ2n) is 2.90. The average Bonchev–Trinajstić information content (AvgIpc) is 2.71. The first-order valence-corrected chi connectivity index (χ1v) is 5.66. The van der Waals surface area contributed by atoms with Crippen LogP contribution in [0.25, 0.3) is 0 Å². The minimum Gasteiger partial charge on any atom is -0.389 e. The maximum Gasteiger partial charge on any atom is 0.140 e. The Balaban J connectivity index is 2.32. The summed E-state index contributed by atoms with van der Waals surface area (Å²) >= 11 is 6.56. The van der Waals surface area contributed by atoms with Crippen LogP contribution in [0.5, 0.6) is 0 Å². The lowest BCUT2D eigenvalue weighted by Gasteiger charge is -2.07. The molecule has 3 N–H and O–H groups in total. The maximum absolute atomic E-state index is 5.60. The molecular weight excluding hydrogens is 226 g/mol. The fourth-order valence-corrected chi connectivity index (χ4v) is 1.93. The standard InChI is InChI=1S/C10H9N3S2/c11-9(14)8-2-1-4-12-10(8)13-7-3-5-15-6-7/h1-6H,(H2,11,14)(H,12,13). The molecule has 0 spiro atoms. The van der Waals surface area contributed by atoms with Gasteiger partial charge in [0.2, 0.25) is 0 Å². The number of thiocarbonyl (C=S) groups is 1. The molecule has 2 aromatic heterocycles. The van der Waals surface area contributed by atoms with Crippen LogP contribution in [0.15, 0.2) is 35.2 Å². The number of nitrogens with zero attached hydrogens (tertiary/aromatic N) is 1. The molecule has 0 unspecified atom stereocenters. The number of hydrogen-bond acceptors (Lipinski definition) is 4. The molecule has 2 rings (SSSR count). The summed E-state index contributed by atoms with van der Waals surface area (Å²) < 4.78 is 0. The summed E-state index contributed by atoms with van der Waals surface area (Å²) in [5.41, 5.74) is 7.36. The SMILES string of the molecule is NC(=S)c1cccnc1Nc1ccsc1. The Morgan fingerprint density at radius 1 is 1.47 bits per heavy atom. The van der Waals surface area contributed by atoms with Gasteiger partial charge in [-0.05, 0) is 23.6 Å². The third-order valence-corrected chi connectivity index (χ3v) is 2.76. The molecule has 0 saturated carbocycles. The largest absolute Gasteiger partial charge is 0.389 e. The molecule has 0 aliphatic carbocycles. The van der Waals surface area contributed by atoms with Crippen molar-refractivity contribution in [2.45, 2.75) is 0 Å². The van der Waals surface area contributed by atoms with Gasteiger partial charge in [0.05, 0.1) is 11.3 Å². The molecule has 15 heavy (non-hydrogen) atoms. The topological polar surface area (TPSA) is 50.9 Å². The highest BCUT2D eigenvalue weighted by molar-refractivity contribution is 7.80. The van der Waals surface area contributed by atoms with Gasteiger partial charge in [-0.25, -0.2) is 4.98 Å². The van der Waals surface area contributed by atoms with Crippen LogP contribution >= 0.6 is 23.6 Å². The fourth-order valence-electron chi connectivity index (χ4n) is 1.18. The molecule has 0 aliphatic heterocycles. The number of nitrogens with two attached hydrogens (primary N) is 1. The summed E-state index contributed by atoms with van der Waals surface area (Å²) in [5.74, 6) is 0.698. The Hall–Kier alpha value is -1.46. The van der Waals surface area contributed by atoms with Crippen molar-refractivity contribution in [3.05, 3.63) is 40.7 Å². The highest BCUT2D eigenvalue weighted by Crippen LogP contribution is 2.20. The van der Waals surface area contributed by atoms with Crippen LogP contribution < -0.4 is 11.1 Å². The molecular formula is C10H9N3S2. The Morgan fingerprint density at radius 2 is 2.33 bits per heavy atom. The normalized spacial score (nSPS) is 9.87. The van der Waals surface area contributed by atoms with Crippen LogP contribution in [0.2, 0.25) is 0 Å². The van der Waals surface area contributed by atoms with Gasteiger partial charge in [-0.2, -0.15) is 11.3 Å². The van der Waals surface area contributed by atoms with Crippen LogP contribution in [-0.2, 0) is 0 Å². The van der Waals surface area contributed by atoms with E-state index in [0.29, 0.717) is 10.8 Å². The first-order valence-electron chi connectivity index (χ1n) is 4.31. The number of hydrogen-bond donors (Lipinski definition) is 2. The highest BCUT2D eigenvalue weighted by atomic mass is 32.1. The van der Waals surface area contributed by atoms with Gasteiger partial charge in [-0.15, -0.1) is 0 Å². The number of anilines is 2. The third kappa shape index (κ3) is 2.31. The quantitative estimate of drug-likeness (QED) is 0.803. The van der Waals surface area contributed by atoms with Gasteiger partial charge in [0.25, 0.3) is 0 Å². The number of rotatable bonds is 3. The van der Waals surface area contributed by atoms with Crippen LogP contribution in [-0.4, -0.2) is 9.97 Å². The van der Waals surface area contributed by atoms with Gasteiger partial charge in [0.1, 0.15) is 10.8 Å². The molecule has 76 valence electrons. The van der Waals surface area contributed by atoms with E-state index in [0.717, 1.165) is 11.3 Å². The summed E-state index contributed by atoms with van der Waals surface area (Å²) in [6.07, 6.45) is 1.70. The van der Waals surface area contributed by atoms with Crippen molar-refractivity contribution in [1.82, 2.24) is 4.98 Å². The second-order valence-corrected chi connectivity index (χ2v) is 4.12. The highest BCUT2D eigenvalue weighted by Gasteiger charge is 2.05. The first kappa shape index (κ1) is 10.1. The Labute approximate surface area is 97.0 Å². The molecule has 3 nitrogen and oxygen atoms in total. The lowest BCUT2D eigenvalue weighted by molar-refractivity contribution is 1.30. The zero-order valence-corrected chi connectivity index (χ0v) is 9.44. The van der Waals surface area contributed by atoms with Crippen LogP contribution in [0, 0.1) is 0 Å². The Kier molecular flexibility index (Phi) is 2.94. The van der Waals surface area contributed by atoms with Gasteiger partial charge in [-0.1, -0.05) is 12.2 Å². The summed E-state index contributed by atoms with van der Waals surface area (Å²) in [6, 6.07) is 5.64. The van der Waals surface area contributed by atoms with E-state index in [1.807, 2.05) is 29.0 Å². The number of nitrogens with one attached hydrogen (secondary N) is 1. The minimum absolute atomic E-state index is 0.348. The lowest BCUT2D eigenvalue weighted by Crippen LogP contribution is -2.12. The van der Waals surface area contributed by atoms with Crippen molar-refractivity contribution in [2.75, 3.05) is 5.32 Å². The van der Waals surface area contributed by atoms with Gasteiger partial charge in [0, 0.05) is 11.6 Å². The van der Waals surface area contributed by atoms with Gasteiger partial charge < -0.3 is 11.1 Å². The third-order valence-electron chi connectivity index (χ3n) is 1.86. The Morgan fingerprint density at radius 3 is 3.00 bits per heavy atom. The number of thiophene rings is 1. The van der Waals surface area contributed by atoms with Crippen LogP contribution in [0.3, 0.4) is 0 Å². The molecule has 2 heterocycles. The minimum atomic E-state index is 0.348. The monoisotopic (exact) mass is 235 g/mol. The lowest BCUT2D eigenvalue weighted by atomic mass is 10.2. The molecule has 2 aromatic rings. The smallest absolute Gasteiger partial charge is 0.140 e. The number of aromatic nitrogens is 1. The van der Waals surface area contributed by atoms with E-state index in [1.165, 1.54) is 0 Å². The summed E-state index contributed by atoms with van der Waals surface area (Å²) in [6.45, 7) is 0. The second kappa shape index (κ2) is 4.37. The Bertz CT molecular complexity index is 465. The maximum atomic E-state index is 5.60. The molecule has 0 bridgehead atoms. The van der Waals surface area contributed by atoms with Gasteiger partial charge >= 0.3 is 0 Å². The zero-order valence-electron chi connectivity index (χ0n) is 7.81. The first-order chi connectivity index (χ1) is 7.27. The summed E-state index contributed by atoms with van der Waals surface area (Å²) in [4.78, 5) is 4.55. The van der Waals surface area contributed by atoms with Gasteiger partial charge in [-0.3, -0.25) is 0 Å². The van der Waals surface area contributed by atoms with Crippen molar-refractivity contribution >= 4 is 40.0 Å². The van der Waals surface area contributed by atoms with Gasteiger partial charge in [0.15, 0.2) is 0 Å². The van der Waals surface area contributed by atoms with Crippen LogP contribution in [0.1, 0.15) is 5.56 Å². The molecule has 5 heteroatoms. The zero-order chi connectivity index (χ0) is 10.7. The molecule has 0 aromatic carbocycles. The molecule has 0 amide bonds. The predicted molar refractivity (Wildman–Crippen MR) is 67.7 cm³/mol. The summed E-state index contributed by atoms with van der Waals surface area (Å²) in [5, 5.41) is 7.16. The molecule has 0 fully saturated rings. The number of pyridine rings is 1. The molecule has 0 radical (unpaired) electrons. The van der Waals surface area contributed by atoms with Crippen molar-refractivity contribution in [2.24, 2.45) is 5.73 Å². The van der Waals surface area contributed by atoms with Crippen molar-refractivity contribution in [1.29, 1.82) is 0 Å². The van der Waals surface area contributed by atoms with E-state index < -0.39 is 0 Å². The predicted octanol–water partition coefficient (Wildman–Crippen LogP) is 2.52. The summed E-state index contributed by atoms with van der Waals surface area (Å²) in [7, 11) is 0. The molecule has 0 atom stereocenters. The van der Waals surface area contributed by atoms with Crippen molar-refractivity contribution < 1.29 is 0 Å². The van der Waals surface area contributed by atoms with Crippen molar-refractivity contribution in [3.8, 4) is 0 Å². The van der Waals surface area contributed by atoms with E-state index in [2.05, 4.69) is 10.3 Å². The molecule has 0 saturated heterocycles. The van der Waals surface area contributed by atoms with E-state index in [9.17, 15) is 0 Å². The molecule has 0 aliphatic rings. The van der Waals surface area contributed by atoms with Crippen LogP contribution in [0.4, 0.5) is 11.5 Å². The average molecular weight is 235 g/mol. The van der Waals surface area contributed by atoms with E-state index in [4.69, 9.17) is 18.0 Å². The van der Waals surface area contributed by atoms with E-state index in [1.54, 1.807) is 17.5 Å². The van der Waals surface area contributed by atoms with E-state index in [-0.39, 0.29) is 0 Å². The van der Waals surface area contributed by atoms with Crippen molar-refractivity contribution in [3.63, 3.8) is 0 Å². The fraction of sp³-hybridized carbons (Fsp3) is 0. The van der Waals surface area contributed by atoms with E-state index >= 15 is 0 Å².